The average molecular weight is 349 g/mol. The zero-order valence-electron chi connectivity index (χ0n) is 13.7. The maximum atomic E-state index is 12.5. The van der Waals surface area contributed by atoms with Crippen molar-refractivity contribution < 1.29 is 14.3 Å². The molecule has 0 unspecified atom stereocenters. The predicted molar refractivity (Wildman–Crippen MR) is 91.3 cm³/mol. The van der Waals surface area contributed by atoms with Crippen molar-refractivity contribution in [2.45, 2.75) is 37.3 Å². The van der Waals surface area contributed by atoms with Crippen molar-refractivity contribution >= 4 is 23.3 Å². The molecule has 0 aliphatic carbocycles. The Kier molecular flexibility index (Phi) is 4.22. The predicted octanol–water partition coefficient (Wildman–Crippen LogP) is 1.93. The first-order valence-corrected chi connectivity index (χ1v) is 9.55. The minimum Gasteiger partial charge on any atom is -0.381 e. The number of hydrogen-bond acceptors (Lipinski definition) is 4. The van der Waals surface area contributed by atoms with Gasteiger partial charge in [0.25, 0.3) is 5.91 Å². The van der Waals surface area contributed by atoms with Crippen molar-refractivity contribution in [3.05, 3.63) is 22.4 Å². The Morgan fingerprint density at radius 2 is 2.04 bits per heavy atom. The third-order valence-electron chi connectivity index (χ3n) is 5.57. The molecule has 1 aromatic rings. The molecule has 4 heterocycles. The normalized spacial score (nSPS) is 24.4. The van der Waals surface area contributed by atoms with Crippen molar-refractivity contribution in [3.63, 3.8) is 0 Å². The summed E-state index contributed by atoms with van der Waals surface area (Å²) < 4.78 is 5.50. The standard InChI is InChI=1S/C17H23N3O3S/c21-15(14-2-1-11-24-14)19-7-3-13(4-8-19)20-16(22)18-12-17(20)5-9-23-10-6-17/h1-2,11,13H,3-10,12H2,(H,18,22). The highest BCUT2D eigenvalue weighted by atomic mass is 32.1. The maximum Gasteiger partial charge on any atom is 0.318 e. The van der Waals surface area contributed by atoms with Crippen LogP contribution < -0.4 is 5.32 Å². The van der Waals surface area contributed by atoms with Gasteiger partial charge in [-0.2, -0.15) is 0 Å². The van der Waals surface area contributed by atoms with E-state index in [1.165, 1.54) is 11.3 Å². The average Bonchev–Trinajstić information content (AvgIpc) is 3.25. The minimum absolute atomic E-state index is 0.0555. The van der Waals surface area contributed by atoms with E-state index in [1.807, 2.05) is 22.4 Å². The Balaban J connectivity index is 1.43. The van der Waals surface area contributed by atoms with Crippen LogP contribution in [0.4, 0.5) is 4.79 Å². The molecule has 0 saturated carbocycles. The van der Waals surface area contributed by atoms with Crippen molar-refractivity contribution in [2.24, 2.45) is 0 Å². The number of ether oxygens (including phenoxy) is 1. The quantitative estimate of drug-likeness (QED) is 0.887. The lowest BCUT2D eigenvalue weighted by molar-refractivity contribution is -0.0143. The highest BCUT2D eigenvalue weighted by molar-refractivity contribution is 7.12. The number of likely N-dealkylation sites (tertiary alicyclic amines) is 1. The van der Waals surface area contributed by atoms with Gasteiger partial charge in [0.05, 0.1) is 10.4 Å². The number of carbonyl (C=O) groups excluding carboxylic acids is 2. The van der Waals surface area contributed by atoms with E-state index in [0.29, 0.717) is 0 Å². The molecule has 4 rings (SSSR count). The van der Waals surface area contributed by atoms with Gasteiger partial charge >= 0.3 is 6.03 Å². The van der Waals surface area contributed by atoms with Crippen LogP contribution in [0, 0.1) is 0 Å². The lowest BCUT2D eigenvalue weighted by Crippen LogP contribution is -2.57. The monoisotopic (exact) mass is 349 g/mol. The molecule has 1 spiro atoms. The summed E-state index contributed by atoms with van der Waals surface area (Å²) in [4.78, 5) is 29.7. The third-order valence-corrected chi connectivity index (χ3v) is 6.43. The van der Waals surface area contributed by atoms with Crippen molar-refractivity contribution in [3.8, 4) is 0 Å². The third kappa shape index (κ3) is 2.69. The first-order chi connectivity index (χ1) is 11.7. The molecule has 6 nitrogen and oxygen atoms in total. The van der Waals surface area contributed by atoms with Crippen LogP contribution in [0.5, 0.6) is 0 Å². The summed E-state index contributed by atoms with van der Waals surface area (Å²) >= 11 is 1.49. The first-order valence-electron chi connectivity index (χ1n) is 8.67. The molecule has 3 amide bonds. The summed E-state index contributed by atoms with van der Waals surface area (Å²) in [7, 11) is 0. The van der Waals surface area contributed by atoms with Gasteiger partial charge < -0.3 is 19.9 Å². The summed E-state index contributed by atoms with van der Waals surface area (Å²) in [6.07, 6.45) is 3.51. The highest BCUT2D eigenvalue weighted by Crippen LogP contribution is 2.35. The molecule has 24 heavy (non-hydrogen) atoms. The van der Waals surface area contributed by atoms with E-state index in [-0.39, 0.29) is 23.5 Å². The fraction of sp³-hybridized carbons (Fsp3) is 0.647. The fourth-order valence-electron chi connectivity index (χ4n) is 4.23. The second-order valence-corrected chi connectivity index (χ2v) is 7.81. The van der Waals surface area contributed by atoms with Crippen LogP contribution in [0.25, 0.3) is 0 Å². The van der Waals surface area contributed by atoms with Gasteiger partial charge in [0.1, 0.15) is 0 Å². The van der Waals surface area contributed by atoms with Gasteiger partial charge in [-0.05, 0) is 37.1 Å². The van der Waals surface area contributed by atoms with Crippen molar-refractivity contribution in [1.29, 1.82) is 0 Å². The number of hydrogen-bond donors (Lipinski definition) is 1. The molecular weight excluding hydrogens is 326 g/mol. The lowest BCUT2D eigenvalue weighted by Gasteiger charge is -2.46. The van der Waals surface area contributed by atoms with E-state index in [1.54, 1.807) is 0 Å². The summed E-state index contributed by atoms with van der Waals surface area (Å²) in [6.45, 7) is 3.61. The van der Waals surface area contributed by atoms with Crippen LogP contribution in [0.15, 0.2) is 17.5 Å². The molecule has 1 N–H and O–H groups in total. The van der Waals surface area contributed by atoms with E-state index < -0.39 is 0 Å². The molecule has 3 aliphatic rings. The fourth-order valence-corrected chi connectivity index (χ4v) is 4.92. The number of urea groups is 1. The molecule has 3 fully saturated rings. The Morgan fingerprint density at radius 3 is 2.71 bits per heavy atom. The molecule has 130 valence electrons. The molecule has 0 aromatic carbocycles. The number of nitrogens with zero attached hydrogens (tertiary/aromatic N) is 2. The van der Waals surface area contributed by atoms with Gasteiger partial charge in [-0.1, -0.05) is 6.07 Å². The number of rotatable bonds is 2. The van der Waals surface area contributed by atoms with E-state index in [0.717, 1.165) is 63.4 Å². The molecular formula is C17H23N3O3S. The van der Waals surface area contributed by atoms with Crippen LogP contribution in [-0.4, -0.2) is 66.2 Å². The molecule has 0 radical (unpaired) electrons. The van der Waals surface area contributed by atoms with Crippen LogP contribution in [0.1, 0.15) is 35.4 Å². The zero-order valence-corrected chi connectivity index (χ0v) is 14.5. The summed E-state index contributed by atoms with van der Waals surface area (Å²) in [5.41, 5.74) is -0.0834. The minimum atomic E-state index is -0.0834. The number of carbonyl (C=O) groups is 2. The largest absolute Gasteiger partial charge is 0.381 e. The SMILES string of the molecule is O=C(c1cccs1)N1CCC(N2C(=O)NCC23CCOCC3)CC1. The molecule has 3 saturated heterocycles. The molecule has 0 atom stereocenters. The molecule has 3 aliphatic heterocycles. The van der Waals surface area contributed by atoms with Crippen molar-refractivity contribution in [1.82, 2.24) is 15.1 Å². The number of thiophene rings is 1. The second kappa shape index (κ2) is 6.37. The van der Waals surface area contributed by atoms with Gasteiger partial charge in [-0.3, -0.25) is 4.79 Å². The highest BCUT2D eigenvalue weighted by Gasteiger charge is 2.49. The van der Waals surface area contributed by atoms with Gasteiger partial charge in [0.15, 0.2) is 0 Å². The maximum absolute atomic E-state index is 12.5. The van der Waals surface area contributed by atoms with Gasteiger partial charge in [-0.25, -0.2) is 4.79 Å². The first kappa shape index (κ1) is 15.9. The Bertz CT molecular complexity index is 605. The van der Waals surface area contributed by atoms with Gasteiger partial charge in [0.2, 0.25) is 0 Å². The van der Waals surface area contributed by atoms with E-state index in [9.17, 15) is 9.59 Å². The summed E-state index contributed by atoms with van der Waals surface area (Å²) in [5, 5.41) is 4.97. The molecule has 7 heteroatoms. The van der Waals surface area contributed by atoms with Crippen LogP contribution in [0.3, 0.4) is 0 Å². The van der Waals surface area contributed by atoms with Crippen LogP contribution in [-0.2, 0) is 4.74 Å². The molecule has 1 aromatic heterocycles. The van der Waals surface area contributed by atoms with E-state index >= 15 is 0 Å². The Labute approximate surface area is 145 Å². The van der Waals surface area contributed by atoms with E-state index in [4.69, 9.17) is 4.74 Å². The number of amides is 3. The number of nitrogens with one attached hydrogen (secondary N) is 1. The molecule has 0 bridgehead atoms. The van der Waals surface area contributed by atoms with Crippen LogP contribution >= 0.6 is 11.3 Å². The summed E-state index contributed by atoms with van der Waals surface area (Å²) in [6, 6.07) is 4.07. The summed E-state index contributed by atoms with van der Waals surface area (Å²) in [5.74, 6) is 0.120. The zero-order chi connectivity index (χ0) is 16.6. The van der Waals surface area contributed by atoms with Gasteiger partial charge in [0, 0.05) is 38.9 Å². The Morgan fingerprint density at radius 1 is 1.29 bits per heavy atom. The topological polar surface area (TPSA) is 61.9 Å². The smallest absolute Gasteiger partial charge is 0.318 e. The van der Waals surface area contributed by atoms with E-state index in [2.05, 4.69) is 10.2 Å². The lowest BCUT2D eigenvalue weighted by atomic mass is 9.86. The second-order valence-electron chi connectivity index (χ2n) is 6.87. The van der Waals surface area contributed by atoms with Crippen LogP contribution in [0.2, 0.25) is 0 Å². The number of piperidine rings is 1. The van der Waals surface area contributed by atoms with Crippen molar-refractivity contribution in [2.75, 3.05) is 32.8 Å². The Hall–Kier alpha value is -1.60. The van der Waals surface area contributed by atoms with Gasteiger partial charge in [-0.15, -0.1) is 11.3 Å².